The van der Waals surface area contributed by atoms with Crippen LogP contribution < -0.4 is 5.73 Å². The number of hydrogen-bond acceptors (Lipinski definition) is 4. The van der Waals surface area contributed by atoms with Crippen LogP contribution in [0.1, 0.15) is 25.0 Å². The van der Waals surface area contributed by atoms with E-state index in [9.17, 15) is 8.78 Å². The lowest BCUT2D eigenvalue weighted by atomic mass is 9.93. The molecule has 0 aliphatic carbocycles. The van der Waals surface area contributed by atoms with Gasteiger partial charge in [-0.05, 0) is 37.1 Å². The predicted molar refractivity (Wildman–Crippen MR) is 90.1 cm³/mol. The number of ether oxygens (including phenoxy) is 1. The van der Waals surface area contributed by atoms with Gasteiger partial charge in [-0.2, -0.15) is 0 Å². The van der Waals surface area contributed by atoms with Crippen LogP contribution in [-0.2, 0) is 4.74 Å². The summed E-state index contributed by atoms with van der Waals surface area (Å²) in [4.78, 5) is 6.62. The van der Waals surface area contributed by atoms with Crippen molar-refractivity contribution in [3.05, 3.63) is 47.0 Å². The molecule has 0 unspecified atom stereocenters. The second kappa shape index (κ2) is 7.09. The third-order valence-electron chi connectivity index (χ3n) is 4.90. The maximum absolute atomic E-state index is 14.0. The van der Waals surface area contributed by atoms with Crippen LogP contribution >= 0.6 is 0 Å². The summed E-state index contributed by atoms with van der Waals surface area (Å²) in [5, 5.41) is 0. The first-order chi connectivity index (χ1) is 11.5. The quantitative estimate of drug-likeness (QED) is 0.903. The van der Waals surface area contributed by atoms with E-state index in [1.54, 1.807) is 7.05 Å². The standard InChI is InChI=1S/C18H23F2N3O/c1-3-11-8-23(9-17(11)22-2)13-7-16(21)18(24-10-13)14-6-12(19)4-5-15(14)20/h3-6,13,16,18H,7-10,21H2,1-2H3/b11-3-,22-17-/t13-,16+,18-/m1/s1. The van der Waals surface area contributed by atoms with Crippen molar-refractivity contribution in [3.63, 3.8) is 0 Å². The Hall–Kier alpha value is -1.63. The molecular formula is C18H23F2N3O. The summed E-state index contributed by atoms with van der Waals surface area (Å²) in [6.07, 6.45) is 2.14. The summed E-state index contributed by atoms with van der Waals surface area (Å²) in [6.45, 7) is 4.05. The van der Waals surface area contributed by atoms with Crippen LogP contribution in [0.25, 0.3) is 0 Å². The van der Waals surface area contributed by atoms with Crippen LogP contribution in [0, 0.1) is 11.6 Å². The first kappa shape index (κ1) is 17.2. The molecule has 0 saturated carbocycles. The van der Waals surface area contributed by atoms with Crippen molar-refractivity contribution in [3.8, 4) is 0 Å². The Morgan fingerprint density at radius 2 is 2.12 bits per heavy atom. The fourth-order valence-electron chi connectivity index (χ4n) is 3.54. The van der Waals surface area contributed by atoms with Gasteiger partial charge >= 0.3 is 0 Å². The molecule has 3 rings (SSSR count). The van der Waals surface area contributed by atoms with E-state index < -0.39 is 17.7 Å². The van der Waals surface area contributed by atoms with E-state index in [2.05, 4.69) is 16.0 Å². The van der Waals surface area contributed by atoms with Crippen LogP contribution in [0.5, 0.6) is 0 Å². The van der Waals surface area contributed by atoms with Crippen molar-refractivity contribution in [1.82, 2.24) is 4.90 Å². The molecule has 0 bridgehead atoms. The SMILES string of the molecule is C/C=C1/CN([C@H]2CO[C@H](c3cc(F)ccc3F)[C@@H](N)C2)C/C1=N/C. The molecule has 0 spiro atoms. The van der Waals surface area contributed by atoms with Gasteiger partial charge in [0.1, 0.15) is 17.7 Å². The fourth-order valence-corrected chi connectivity index (χ4v) is 3.54. The van der Waals surface area contributed by atoms with Gasteiger partial charge in [0.15, 0.2) is 0 Å². The van der Waals surface area contributed by atoms with Gasteiger partial charge in [0.05, 0.1) is 12.3 Å². The number of nitrogens with two attached hydrogens (primary N) is 1. The predicted octanol–water partition coefficient (Wildman–Crippen LogP) is 2.45. The zero-order chi connectivity index (χ0) is 17.3. The zero-order valence-electron chi connectivity index (χ0n) is 14.0. The largest absolute Gasteiger partial charge is 0.370 e. The van der Waals surface area contributed by atoms with Crippen LogP contribution in [0.15, 0.2) is 34.8 Å². The van der Waals surface area contributed by atoms with Gasteiger partial charge in [0.25, 0.3) is 0 Å². The summed E-state index contributed by atoms with van der Waals surface area (Å²) in [6, 6.07) is 3.18. The third kappa shape index (κ3) is 3.27. The highest BCUT2D eigenvalue weighted by Crippen LogP contribution is 2.32. The molecule has 24 heavy (non-hydrogen) atoms. The Morgan fingerprint density at radius 3 is 2.75 bits per heavy atom. The monoisotopic (exact) mass is 335 g/mol. The topological polar surface area (TPSA) is 50.9 Å². The molecule has 1 aromatic carbocycles. The van der Waals surface area contributed by atoms with Crippen LogP contribution in [-0.4, -0.2) is 49.4 Å². The zero-order valence-corrected chi connectivity index (χ0v) is 14.0. The molecule has 0 amide bonds. The summed E-state index contributed by atoms with van der Waals surface area (Å²) in [5.41, 5.74) is 8.75. The lowest BCUT2D eigenvalue weighted by Gasteiger charge is -2.38. The minimum atomic E-state index is -0.611. The minimum absolute atomic E-state index is 0.155. The molecule has 2 heterocycles. The van der Waals surface area contributed by atoms with Crippen molar-refractivity contribution in [2.24, 2.45) is 10.7 Å². The first-order valence-corrected chi connectivity index (χ1v) is 8.21. The molecule has 2 aliphatic rings. The highest BCUT2D eigenvalue weighted by Gasteiger charge is 2.37. The van der Waals surface area contributed by atoms with Crippen molar-refractivity contribution >= 4 is 5.71 Å². The number of benzene rings is 1. The number of rotatable bonds is 2. The molecule has 130 valence electrons. The van der Waals surface area contributed by atoms with Gasteiger partial charge in [-0.3, -0.25) is 9.89 Å². The number of likely N-dealkylation sites (tertiary alicyclic amines) is 1. The molecule has 6 heteroatoms. The van der Waals surface area contributed by atoms with Gasteiger partial charge in [0, 0.05) is 37.8 Å². The molecule has 2 fully saturated rings. The fraction of sp³-hybridized carbons (Fsp3) is 0.500. The number of halogens is 2. The Kier molecular flexibility index (Phi) is 5.08. The van der Waals surface area contributed by atoms with Crippen molar-refractivity contribution < 1.29 is 13.5 Å². The van der Waals surface area contributed by atoms with Crippen LogP contribution in [0.2, 0.25) is 0 Å². The average molecular weight is 335 g/mol. The second-order valence-electron chi connectivity index (χ2n) is 6.36. The lowest BCUT2D eigenvalue weighted by Crippen LogP contribution is -2.48. The van der Waals surface area contributed by atoms with Crippen LogP contribution in [0.4, 0.5) is 8.78 Å². The molecule has 2 saturated heterocycles. The van der Waals surface area contributed by atoms with E-state index in [0.29, 0.717) is 13.0 Å². The number of aliphatic imine (C=N–C) groups is 1. The van der Waals surface area contributed by atoms with Crippen molar-refractivity contribution in [1.29, 1.82) is 0 Å². The van der Waals surface area contributed by atoms with Gasteiger partial charge in [-0.1, -0.05) is 6.08 Å². The van der Waals surface area contributed by atoms with Gasteiger partial charge in [-0.15, -0.1) is 0 Å². The van der Waals surface area contributed by atoms with E-state index in [0.717, 1.165) is 30.9 Å². The number of allylic oxidation sites excluding steroid dienone is 1. The summed E-state index contributed by atoms with van der Waals surface area (Å²) >= 11 is 0. The Labute approximate surface area is 141 Å². The second-order valence-corrected chi connectivity index (χ2v) is 6.36. The summed E-state index contributed by atoms with van der Waals surface area (Å²) in [7, 11) is 1.80. The minimum Gasteiger partial charge on any atom is -0.370 e. The van der Waals surface area contributed by atoms with E-state index >= 15 is 0 Å². The molecule has 0 radical (unpaired) electrons. The number of hydrogen-bond donors (Lipinski definition) is 1. The third-order valence-corrected chi connectivity index (χ3v) is 4.90. The lowest BCUT2D eigenvalue weighted by molar-refractivity contribution is -0.0452. The molecule has 4 nitrogen and oxygen atoms in total. The molecule has 0 aromatic heterocycles. The molecule has 2 N–H and O–H groups in total. The highest BCUT2D eigenvalue weighted by molar-refractivity contribution is 6.03. The van der Waals surface area contributed by atoms with Crippen LogP contribution in [0.3, 0.4) is 0 Å². The van der Waals surface area contributed by atoms with Crippen molar-refractivity contribution in [2.45, 2.75) is 31.5 Å². The summed E-state index contributed by atoms with van der Waals surface area (Å²) in [5.74, 6) is -0.960. The van der Waals surface area contributed by atoms with E-state index in [1.807, 2.05) is 6.92 Å². The summed E-state index contributed by atoms with van der Waals surface area (Å²) < 4.78 is 33.3. The Balaban J connectivity index is 1.71. The van der Waals surface area contributed by atoms with E-state index in [1.165, 1.54) is 11.6 Å². The molecular weight excluding hydrogens is 312 g/mol. The normalized spacial score (nSPS) is 32.0. The maximum atomic E-state index is 14.0. The van der Waals surface area contributed by atoms with E-state index in [4.69, 9.17) is 10.5 Å². The van der Waals surface area contributed by atoms with Gasteiger partial charge in [-0.25, -0.2) is 8.78 Å². The Bertz CT molecular complexity index is 654. The van der Waals surface area contributed by atoms with Crippen molar-refractivity contribution in [2.75, 3.05) is 26.7 Å². The van der Waals surface area contributed by atoms with Gasteiger partial charge in [0.2, 0.25) is 0 Å². The molecule has 1 aromatic rings. The highest BCUT2D eigenvalue weighted by atomic mass is 19.1. The first-order valence-electron chi connectivity index (χ1n) is 8.21. The van der Waals surface area contributed by atoms with E-state index in [-0.39, 0.29) is 17.6 Å². The smallest absolute Gasteiger partial charge is 0.129 e. The molecule has 3 atom stereocenters. The Morgan fingerprint density at radius 1 is 1.33 bits per heavy atom. The molecule has 2 aliphatic heterocycles. The maximum Gasteiger partial charge on any atom is 0.129 e. The van der Waals surface area contributed by atoms with Gasteiger partial charge < -0.3 is 10.5 Å². The average Bonchev–Trinajstić information content (AvgIpc) is 3.00. The number of nitrogens with zero attached hydrogens (tertiary/aromatic N) is 2.